The van der Waals surface area contributed by atoms with Crippen LogP contribution in [0.3, 0.4) is 0 Å². The highest BCUT2D eigenvalue weighted by Gasteiger charge is 1.95. The maximum atomic E-state index is 3.25. The predicted molar refractivity (Wildman–Crippen MR) is 33.9 cm³/mol. The minimum atomic E-state index is 1.50. The van der Waals surface area contributed by atoms with Gasteiger partial charge in [0.1, 0.15) is 0 Å². The first-order chi connectivity index (χ1) is 3.41. The van der Waals surface area contributed by atoms with Gasteiger partial charge in [-0.25, -0.2) is 0 Å². The second kappa shape index (κ2) is 5.67. The summed E-state index contributed by atoms with van der Waals surface area (Å²) in [5, 5.41) is 0. The summed E-state index contributed by atoms with van der Waals surface area (Å²) in [6, 6.07) is 0. The van der Waals surface area contributed by atoms with Crippen molar-refractivity contribution in [1.82, 2.24) is 0 Å². The van der Waals surface area contributed by atoms with E-state index in [0.29, 0.717) is 0 Å². The van der Waals surface area contributed by atoms with E-state index in [9.17, 15) is 0 Å². The molecule has 1 aliphatic rings. The summed E-state index contributed by atoms with van der Waals surface area (Å²) >= 11 is 0. The zero-order chi connectivity index (χ0) is 5.54. The second-order valence-corrected chi connectivity index (χ2v) is 1.73. The molecule has 0 N–H and O–H groups in total. The fraction of sp³-hybridized carbons (Fsp3) is 0.833. The summed E-state index contributed by atoms with van der Waals surface area (Å²) < 4.78 is 0. The number of nitrogens with zero attached hydrogens (tertiary/aromatic N) is 1. The van der Waals surface area contributed by atoms with Gasteiger partial charge in [0.25, 0.3) is 0 Å². The molecule has 0 unspecified atom stereocenters. The Labute approximate surface area is 45.5 Å². The molecule has 0 aromatic rings. The molecule has 0 aromatic carbocycles. The molecule has 42 valence electrons. The van der Waals surface area contributed by atoms with Crippen LogP contribution in [0, 0.1) is 0 Å². The molecule has 1 heteroatoms. The summed E-state index contributed by atoms with van der Waals surface area (Å²) in [4.78, 5) is 3.25. The minimum absolute atomic E-state index is 1.50. The molecule has 0 bridgehead atoms. The van der Waals surface area contributed by atoms with Gasteiger partial charge in [-0.05, 0) is 6.72 Å². The number of hydrogen-bond donors (Lipinski definition) is 0. The maximum Gasteiger partial charge on any atom is 0.0269 e. The summed E-state index contributed by atoms with van der Waals surface area (Å²) in [5.74, 6) is 0. The van der Waals surface area contributed by atoms with Crippen molar-refractivity contribution in [1.29, 1.82) is 0 Å². The summed E-state index contributed by atoms with van der Waals surface area (Å²) in [6.07, 6.45) is 6.00. The van der Waals surface area contributed by atoms with Gasteiger partial charge in [0.05, 0.1) is 0 Å². The Kier molecular flexibility index (Phi) is 5.40. The molecule has 0 radical (unpaired) electrons. The van der Waals surface area contributed by atoms with Gasteiger partial charge in [0.15, 0.2) is 0 Å². The molecule has 0 aromatic heterocycles. The lowest BCUT2D eigenvalue weighted by Gasteiger charge is -2.05. The van der Waals surface area contributed by atoms with Crippen LogP contribution in [0.25, 0.3) is 0 Å². The highest BCUT2D eigenvalue weighted by molar-refractivity contribution is 5.22. The molecule has 1 aliphatic carbocycles. The monoisotopic (exact) mass is 99.1 g/mol. The van der Waals surface area contributed by atoms with Gasteiger partial charge in [-0.15, -0.1) is 0 Å². The highest BCUT2D eigenvalue weighted by Crippen LogP contribution is 2.15. The molecule has 1 saturated carbocycles. The Balaban J connectivity index is 0.000000110. The number of aliphatic imine (C=N–C) groups is 1. The quantitative estimate of drug-likeness (QED) is 0.411. The first-order valence-corrected chi connectivity index (χ1v) is 2.76. The molecule has 0 atom stereocenters. The molecule has 1 rings (SSSR count). The standard InChI is InChI=1S/C4H8.C2H5N/c1-2-4-3-1;1-3-2/h1-4H2;1H2,2H3. The normalized spacial score (nSPS) is 15.6. The Morgan fingerprint density at radius 2 is 1.29 bits per heavy atom. The van der Waals surface area contributed by atoms with Crippen molar-refractivity contribution in [2.45, 2.75) is 25.7 Å². The molecule has 0 amide bonds. The Hall–Kier alpha value is -0.330. The second-order valence-electron chi connectivity index (χ2n) is 1.73. The van der Waals surface area contributed by atoms with E-state index >= 15 is 0 Å². The van der Waals surface area contributed by atoms with Crippen LogP contribution in [-0.4, -0.2) is 13.8 Å². The lowest BCUT2D eigenvalue weighted by Crippen LogP contribution is -1.85. The van der Waals surface area contributed by atoms with Crippen molar-refractivity contribution in [2.24, 2.45) is 4.99 Å². The van der Waals surface area contributed by atoms with Gasteiger partial charge in [-0.3, -0.25) is 0 Å². The van der Waals surface area contributed by atoms with Crippen molar-refractivity contribution < 1.29 is 0 Å². The number of rotatable bonds is 0. The van der Waals surface area contributed by atoms with Crippen molar-refractivity contribution in [3.05, 3.63) is 0 Å². The lowest BCUT2D eigenvalue weighted by atomic mass is 10.0. The topological polar surface area (TPSA) is 12.4 Å². The third-order valence-electron chi connectivity index (χ3n) is 1.000. The van der Waals surface area contributed by atoms with Crippen LogP contribution >= 0.6 is 0 Å². The molecule has 7 heavy (non-hydrogen) atoms. The fourth-order valence-electron chi connectivity index (χ4n) is 0.250. The highest BCUT2D eigenvalue weighted by atomic mass is 14.6. The van der Waals surface area contributed by atoms with Gasteiger partial charge in [0.2, 0.25) is 0 Å². The van der Waals surface area contributed by atoms with Crippen LogP contribution in [0.1, 0.15) is 25.7 Å². The molecular weight excluding hydrogens is 86.1 g/mol. The van der Waals surface area contributed by atoms with Crippen LogP contribution in [0.5, 0.6) is 0 Å². The molecule has 0 heterocycles. The molecule has 0 aliphatic heterocycles. The molecule has 1 fully saturated rings. The van der Waals surface area contributed by atoms with E-state index in [4.69, 9.17) is 0 Å². The zero-order valence-corrected chi connectivity index (χ0v) is 4.98. The lowest BCUT2D eigenvalue weighted by molar-refractivity contribution is 0.504. The molecular formula is C6H13N. The summed E-state index contributed by atoms with van der Waals surface area (Å²) in [5.41, 5.74) is 0. The zero-order valence-electron chi connectivity index (χ0n) is 4.98. The predicted octanol–water partition coefficient (Wildman–Crippen LogP) is 1.88. The average Bonchev–Trinajstić information content (AvgIpc) is 1.27. The van der Waals surface area contributed by atoms with Gasteiger partial charge in [-0.1, -0.05) is 25.7 Å². The Morgan fingerprint density at radius 1 is 1.14 bits per heavy atom. The SMILES string of the molecule is C1CCC1.C=NC. The first kappa shape index (κ1) is 6.67. The van der Waals surface area contributed by atoms with E-state index in [1.807, 2.05) is 0 Å². The molecule has 1 nitrogen and oxygen atoms in total. The van der Waals surface area contributed by atoms with Gasteiger partial charge in [-0.2, -0.15) is 0 Å². The fourth-order valence-corrected chi connectivity index (χ4v) is 0.250. The molecule has 0 spiro atoms. The van der Waals surface area contributed by atoms with E-state index in [0.717, 1.165) is 0 Å². The molecule has 0 saturated heterocycles. The first-order valence-electron chi connectivity index (χ1n) is 2.76. The number of hydrogen-bond acceptors (Lipinski definition) is 1. The van der Waals surface area contributed by atoms with E-state index in [1.165, 1.54) is 25.7 Å². The summed E-state index contributed by atoms with van der Waals surface area (Å²) in [7, 11) is 1.64. The van der Waals surface area contributed by atoms with E-state index < -0.39 is 0 Å². The van der Waals surface area contributed by atoms with Crippen molar-refractivity contribution in [3.63, 3.8) is 0 Å². The van der Waals surface area contributed by atoms with Crippen LogP contribution in [0.2, 0.25) is 0 Å². The van der Waals surface area contributed by atoms with Crippen LogP contribution in [0.15, 0.2) is 4.99 Å². The smallest absolute Gasteiger partial charge is 0.0269 e. The van der Waals surface area contributed by atoms with Crippen molar-refractivity contribution in [2.75, 3.05) is 7.05 Å². The van der Waals surface area contributed by atoms with Gasteiger partial charge >= 0.3 is 0 Å². The third kappa shape index (κ3) is 5.67. The Morgan fingerprint density at radius 3 is 1.29 bits per heavy atom. The van der Waals surface area contributed by atoms with Crippen molar-refractivity contribution >= 4 is 6.72 Å². The Bertz CT molecular complexity index is 33.4. The van der Waals surface area contributed by atoms with E-state index in [2.05, 4.69) is 11.7 Å². The minimum Gasteiger partial charge on any atom is -0.304 e. The van der Waals surface area contributed by atoms with Gasteiger partial charge < -0.3 is 4.99 Å². The van der Waals surface area contributed by atoms with Crippen LogP contribution in [0.4, 0.5) is 0 Å². The third-order valence-corrected chi connectivity index (χ3v) is 1.000. The largest absolute Gasteiger partial charge is 0.304 e. The van der Waals surface area contributed by atoms with E-state index in [1.54, 1.807) is 7.05 Å². The van der Waals surface area contributed by atoms with E-state index in [-0.39, 0.29) is 0 Å². The average molecular weight is 99.2 g/mol. The van der Waals surface area contributed by atoms with Gasteiger partial charge in [0, 0.05) is 7.05 Å². The van der Waals surface area contributed by atoms with Crippen LogP contribution < -0.4 is 0 Å². The maximum absolute atomic E-state index is 3.25. The summed E-state index contributed by atoms with van der Waals surface area (Å²) in [6.45, 7) is 3.11. The van der Waals surface area contributed by atoms with Crippen molar-refractivity contribution in [3.8, 4) is 0 Å². The van der Waals surface area contributed by atoms with Crippen LogP contribution in [-0.2, 0) is 0 Å².